The molecular weight excluding hydrogens is 412 g/mol. The monoisotopic (exact) mass is 444 g/mol. The van der Waals surface area contributed by atoms with Crippen LogP contribution in [0.4, 0.5) is 0 Å². The molecule has 0 aromatic carbocycles. The SMILES string of the molecule is CC1(C)OC(C)(O)C2(C)C1CC(=O)C1(C)C2CCC2(C)C(c3ccoc3)OC(=O)C3OC321. The van der Waals surface area contributed by atoms with Crippen LogP contribution in [0.1, 0.15) is 72.5 Å². The van der Waals surface area contributed by atoms with E-state index in [1.807, 2.05) is 26.8 Å². The molecule has 1 aromatic heterocycles. The van der Waals surface area contributed by atoms with Crippen LogP contribution >= 0.6 is 0 Å². The first-order chi connectivity index (χ1) is 14.8. The highest BCUT2D eigenvalue weighted by Crippen LogP contribution is 2.80. The van der Waals surface area contributed by atoms with E-state index in [2.05, 4.69) is 13.8 Å². The predicted octanol–water partition coefficient (Wildman–Crippen LogP) is 3.55. The van der Waals surface area contributed by atoms with Crippen molar-refractivity contribution in [2.45, 2.75) is 90.0 Å². The van der Waals surface area contributed by atoms with Crippen molar-refractivity contribution < 1.29 is 33.3 Å². The molecule has 7 nitrogen and oxygen atoms in total. The Morgan fingerprint density at radius 1 is 1.03 bits per heavy atom. The highest BCUT2D eigenvalue weighted by molar-refractivity contribution is 5.93. The molecule has 174 valence electrons. The lowest BCUT2D eigenvalue weighted by Gasteiger charge is -2.64. The Kier molecular flexibility index (Phi) is 3.59. The fourth-order valence-corrected chi connectivity index (χ4v) is 8.92. The number of hydrogen-bond donors (Lipinski definition) is 1. The van der Waals surface area contributed by atoms with Crippen molar-refractivity contribution in [2.24, 2.45) is 28.1 Å². The molecule has 3 aliphatic heterocycles. The molecule has 1 spiro atoms. The van der Waals surface area contributed by atoms with Gasteiger partial charge in [0, 0.05) is 28.7 Å². The lowest BCUT2D eigenvalue weighted by molar-refractivity contribution is -0.273. The first kappa shape index (κ1) is 20.9. The summed E-state index contributed by atoms with van der Waals surface area (Å²) in [5.74, 6) is -2.07. The smallest absolute Gasteiger partial charge is 0.339 e. The summed E-state index contributed by atoms with van der Waals surface area (Å²) in [5.41, 5.74) is -3.05. The van der Waals surface area contributed by atoms with Crippen molar-refractivity contribution in [2.75, 3.05) is 0 Å². The van der Waals surface area contributed by atoms with E-state index in [-0.39, 0.29) is 24.0 Å². The minimum absolute atomic E-state index is 0.0911. The molecule has 2 saturated carbocycles. The largest absolute Gasteiger partial charge is 0.472 e. The maximum atomic E-state index is 14.1. The molecule has 5 aliphatic rings. The second kappa shape index (κ2) is 5.50. The average molecular weight is 445 g/mol. The Hall–Kier alpha value is -1.70. The van der Waals surface area contributed by atoms with E-state index >= 15 is 0 Å². The van der Waals surface area contributed by atoms with E-state index < -0.39 is 51.4 Å². The van der Waals surface area contributed by atoms with Gasteiger partial charge in [0.15, 0.2) is 11.9 Å². The van der Waals surface area contributed by atoms with Gasteiger partial charge in [-0.3, -0.25) is 4.79 Å². The Balaban J connectivity index is 1.54. The minimum atomic E-state index is -1.40. The van der Waals surface area contributed by atoms with Gasteiger partial charge in [0.25, 0.3) is 0 Å². The summed E-state index contributed by atoms with van der Waals surface area (Å²) in [7, 11) is 0. The zero-order valence-electron chi connectivity index (χ0n) is 19.6. The number of epoxide rings is 1. The number of carbonyl (C=O) groups excluding carboxylic acids is 2. The number of aliphatic hydroxyl groups is 1. The van der Waals surface area contributed by atoms with Crippen LogP contribution in [0, 0.1) is 28.1 Å². The fraction of sp³-hybridized carbons (Fsp3) is 0.760. The second-order valence-corrected chi connectivity index (χ2v) is 12.0. The molecule has 3 saturated heterocycles. The van der Waals surface area contributed by atoms with E-state index in [1.165, 1.54) is 0 Å². The number of ketones is 1. The van der Waals surface area contributed by atoms with Gasteiger partial charge in [0.2, 0.25) is 0 Å². The van der Waals surface area contributed by atoms with Gasteiger partial charge < -0.3 is 23.7 Å². The summed E-state index contributed by atoms with van der Waals surface area (Å²) >= 11 is 0. The van der Waals surface area contributed by atoms with Crippen molar-refractivity contribution in [1.82, 2.24) is 0 Å². The lowest BCUT2D eigenvalue weighted by Crippen LogP contribution is -2.72. The topological polar surface area (TPSA) is 98.5 Å². The number of rotatable bonds is 1. The first-order valence-electron chi connectivity index (χ1n) is 11.6. The number of hydrogen-bond acceptors (Lipinski definition) is 7. The van der Waals surface area contributed by atoms with Crippen LogP contribution in [0.2, 0.25) is 0 Å². The molecule has 1 aromatic rings. The van der Waals surface area contributed by atoms with E-state index in [4.69, 9.17) is 18.6 Å². The standard InChI is InChI=1S/C25H32O7/c1-20(2)15-11-16(26)23(5)14(22(15,4)24(6,28)32-20)7-9-21(3)17(13-8-10-29-12-13)30-19(27)18-25(21,23)31-18/h8,10,12,14-15,17-18,28H,7,9,11H2,1-6H3. The number of carbonyl (C=O) groups is 2. The summed E-state index contributed by atoms with van der Waals surface area (Å²) < 4.78 is 23.7. The van der Waals surface area contributed by atoms with Crippen LogP contribution in [-0.4, -0.2) is 40.0 Å². The summed E-state index contributed by atoms with van der Waals surface area (Å²) in [6.07, 6.45) is 3.52. The molecule has 9 atom stereocenters. The van der Waals surface area contributed by atoms with Gasteiger partial charge in [-0.15, -0.1) is 0 Å². The molecule has 9 unspecified atom stereocenters. The van der Waals surface area contributed by atoms with Gasteiger partial charge >= 0.3 is 5.97 Å². The van der Waals surface area contributed by atoms with Crippen LogP contribution in [0.15, 0.2) is 23.0 Å². The van der Waals surface area contributed by atoms with Crippen molar-refractivity contribution in [3.05, 3.63) is 24.2 Å². The van der Waals surface area contributed by atoms with Crippen molar-refractivity contribution in [3.8, 4) is 0 Å². The number of cyclic esters (lactones) is 1. The van der Waals surface area contributed by atoms with Crippen molar-refractivity contribution in [1.29, 1.82) is 0 Å². The van der Waals surface area contributed by atoms with Gasteiger partial charge in [-0.1, -0.05) is 13.8 Å². The highest BCUT2D eigenvalue weighted by atomic mass is 16.7. The quantitative estimate of drug-likeness (QED) is 0.522. The summed E-state index contributed by atoms with van der Waals surface area (Å²) in [6, 6.07) is 1.81. The molecule has 2 aliphatic carbocycles. The number of furan rings is 1. The van der Waals surface area contributed by atoms with Crippen molar-refractivity contribution >= 4 is 11.8 Å². The lowest BCUT2D eigenvalue weighted by atomic mass is 9.37. The second-order valence-electron chi connectivity index (χ2n) is 12.0. The number of ether oxygens (including phenoxy) is 3. The summed E-state index contributed by atoms with van der Waals surface area (Å²) in [4.78, 5) is 27.1. The Bertz CT molecular complexity index is 1030. The molecule has 7 heteroatoms. The van der Waals surface area contributed by atoms with E-state index in [0.717, 1.165) is 5.56 Å². The normalized spacial score (nSPS) is 55.3. The van der Waals surface area contributed by atoms with Crippen LogP contribution in [0.5, 0.6) is 0 Å². The molecule has 32 heavy (non-hydrogen) atoms. The summed E-state index contributed by atoms with van der Waals surface area (Å²) in [6.45, 7) is 11.8. The average Bonchev–Trinajstić information content (AvgIpc) is 3.21. The summed E-state index contributed by atoms with van der Waals surface area (Å²) in [5, 5.41) is 11.6. The van der Waals surface area contributed by atoms with Gasteiger partial charge in [0.1, 0.15) is 17.5 Å². The van der Waals surface area contributed by atoms with E-state index in [0.29, 0.717) is 12.8 Å². The van der Waals surface area contributed by atoms with Gasteiger partial charge in [-0.25, -0.2) is 4.79 Å². The third kappa shape index (κ3) is 1.90. The predicted molar refractivity (Wildman–Crippen MR) is 111 cm³/mol. The maximum Gasteiger partial charge on any atom is 0.339 e. The zero-order chi connectivity index (χ0) is 23.1. The first-order valence-corrected chi connectivity index (χ1v) is 11.6. The zero-order valence-corrected chi connectivity index (χ0v) is 19.6. The molecule has 0 bridgehead atoms. The Morgan fingerprint density at radius 3 is 2.41 bits per heavy atom. The van der Waals surface area contributed by atoms with E-state index in [1.54, 1.807) is 19.5 Å². The number of fused-ring (bicyclic) bond motifs is 3. The molecule has 4 heterocycles. The van der Waals surface area contributed by atoms with Gasteiger partial charge in [-0.2, -0.15) is 0 Å². The molecular formula is C25H32O7. The van der Waals surface area contributed by atoms with Crippen molar-refractivity contribution in [3.63, 3.8) is 0 Å². The minimum Gasteiger partial charge on any atom is -0.472 e. The van der Waals surface area contributed by atoms with E-state index in [9.17, 15) is 14.7 Å². The maximum absolute atomic E-state index is 14.1. The van der Waals surface area contributed by atoms with Crippen LogP contribution in [0.25, 0.3) is 0 Å². The number of esters is 1. The highest BCUT2D eigenvalue weighted by Gasteiger charge is 2.89. The molecule has 5 fully saturated rings. The van der Waals surface area contributed by atoms with Gasteiger partial charge in [0.05, 0.1) is 23.5 Å². The number of Topliss-reactive ketones (excluding diaryl/α,β-unsaturated/α-hetero) is 1. The Morgan fingerprint density at radius 2 is 1.75 bits per heavy atom. The molecule has 0 amide bonds. The molecule has 0 radical (unpaired) electrons. The third-order valence-electron chi connectivity index (χ3n) is 10.5. The molecule has 1 N–H and O–H groups in total. The van der Waals surface area contributed by atoms with Gasteiger partial charge in [-0.05, 0) is 52.5 Å². The molecule has 6 rings (SSSR count). The van der Waals surface area contributed by atoms with Crippen LogP contribution < -0.4 is 0 Å². The van der Waals surface area contributed by atoms with Crippen LogP contribution in [0.3, 0.4) is 0 Å². The fourth-order valence-electron chi connectivity index (χ4n) is 8.92. The Labute approximate surface area is 187 Å². The van der Waals surface area contributed by atoms with Crippen LogP contribution in [-0.2, 0) is 23.8 Å². The third-order valence-corrected chi connectivity index (χ3v) is 10.5.